The summed E-state index contributed by atoms with van der Waals surface area (Å²) >= 11 is 4.85. The third-order valence-electron chi connectivity index (χ3n) is 2.90. The lowest BCUT2D eigenvalue weighted by atomic mass is 10.3. The summed E-state index contributed by atoms with van der Waals surface area (Å²) < 4.78 is 31.0. The van der Waals surface area contributed by atoms with Crippen LogP contribution >= 0.6 is 12.2 Å². The van der Waals surface area contributed by atoms with Crippen LogP contribution in [0.3, 0.4) is 0 Å². The summed E-state index contributed by atoms with van der Waals surface area (Å²) in [6.07, 6.45) is 0.0533. The van der Waals surface area contributed by atoms with Crippen molar-refractivity contribution in [2.75, 3.05) is 45.1 Å². The Bertz CT molecular complexity index is 390. The van der Waals surface area contributed by atoms with Crippen molar-refractivity contribution in [1.29, 1.82) is 0 Å². The second-order valence-corrected chi connectivity index (χ2v) is 7.49. The second-order valence-electron chi connectivity index (χ2n) is 4.88. The smallest absolute Gasteiger partial charge is 0.216 e. The minimum absolute atomic E-state index is 0.0421. The lowest BCUT2D eigenvalue weighted by molar-refractivity contribution is 0.0903. The van der Waals surface area contributed by atoms with Gasteiger partial charge in [0.25, 0.3) is 0 Å². The maximum atomic E-state index is 12.1. The van der Waals surface area contributed by atoms with E-state index in [9.17, 15) is 8.42 Å². The van der Waals surface area contributed by atoms with Gasteiger partial charge in [0.05, 0.1) is 23.5 Å². The summed E-state index contributed by atoms with van der Waals surface area (Å²) in [5.74, 6) is 0.0421. The SMILES string of the molecule is CC(C)OCCS(=O)(=O)N1CCN(CC(N)=S)CC1. The summed E-state index contributed by atoms with van der Waals surface area (Å²) in [4.78, 5) is 2.51. The Morgan fingerprint density at radius 3 is 2.37 bits per heavy atom. The highest BCUT2D eigenvalue weighted by atomic mass is 32.2. The molecule has 6 nitrogen and oxygen atoms in total. The van der Waals surface area contributed by atoms with E-state index in [1.165, 1.54) is 4.31 Å². The van der Waals surface area contributed by atoms with Gasteiger partial charge < -0.3 is 10.5 Å². The molecule has 0 spiro atoms. The molecule has 1 aliphatic heterocycles. The molecule has 0 atom stereocenters. The van der Waals surface area contributed by atoms with E-state index in [4.69, 9.17) is 22.7 Å². The minimum atomic E-state index is -3.21. The number of hydrogen-bond donors (Lipinski definition) is 1. The maximum absolute atomic E-state index is 12.1. The molecular weight excluding hydrogens is 286 g/mol. The van der Waals surface area contributed by atoms with Gasteiger partial charge in [0.2, 0.25) is 10.0 Å². The average Bonchev–Trinajstić information content (AvgIpc) is 2.28. The summed E-state index contributed by atoms with van der Waals surface area (Å²) in [7, 11) is -3.21. The molecule has 8 heteroatoms. The van der Waals surface area contributed by atoms with Crippen LogP contribution in [-0.4, -0.2) is 73.8 Å². The topological polar surface area (TPSA) is 75.9 Å². The van der Waals surface area contributed by atoms with Crippen LogP contribution in [-0.2, 0) is 14.8 Å². The van der Waals surface area contributed by atoms with E-state index < -0.39 is 10.0 Å². The van der Waals surface area contributed by atoms with Crippen LogP contribution in [0.4, 0.5) is 0 Å². The Hall–Kier alpha value is -0.280. The molecule has 0 aromatic heterocycles. The summed E-state index contributed by atoms with van der Waals surface area (Å²) in [5.41, 5.74) is 5.48. The van der Waals surface area contributed by atoms with Crippen molar-refractivity contribution in [3.8, 4) is 0 Å². The first kappa shape index (κ1) is 16.8. The highest BCUT2D eigenvalue weighted by Gasteiger charge is 2.26. The van der Waals surface area contributed by atoms with Gasteiger partial charge in [-0.2, -0.15) is 4.31 Å². The Morgan fingerprint density at radius 2 is 1.89 bits per heavy atom. The number of hydrogen-bond acceptors (Lipinski definition) is 5. The molecular formula is C11H23N3O3S2. The van der Waals surface area contributed by atoms with Gasteiger partial charge in [-0.1, -0.05) is 12.2 Å². The molecule has 0 amide bonds. The summed E-state index contributed by atoms with van der Waals surface area (Å²) in [5, 5.41) is 0. The van der Waals surface area contributed by atoms with Crippen LogP contribution in [0.15, 0.2) is 0 Å². The normalized spacial score (nSPS) is 18.9. The zero-order valence-corrected chi connectivity index (χ0v) is 13.2. The fourth-order valence-corrected chi connectivity index (χ4v) is 3.37. The molecule has 0 aliphatic carbocycles. The highest BCUT2D eigenvalue weighted by molar-refractivity contribution is 7.89. The van der Waals surface area contributed by atoms with Crippen molar-refractivity contribution in [2.24, 2.45) is 5.73 Å². The first-order valence-electron chi connectivity index (χ1n) is 6.41. The molecule has 1 saturated heterocycles. The van der Waals surface area contributed by atoms with E-state index in [0.717, 1.165) is 0 Å². The number of sulfonamides is 1. The van der Waals surface area contributed by atoms with Crippen LogP contribution in [0.5, 0.6) is 0 Å². The van der Waals surface area contributed by atoms with Gasteiger partial charge in [0.1, 0.15) is 0 Å². The fraction of sp³-hybridized carbons (Fsp3) is 0.909. The van der Waals surface area contributed by atoms with Crippen LogP contribution in [0.25, 0.3) is 0 Å². The number of rotatable bonds is 7. The van der Waals surface area contributed by atoms with Crippen molar-refractivity contribution >= 4 is 27.2 Å². The zero-order chi connectivity index (χ0) is 14.5. The third-order valence-corrected chi connectivity index (χ3v) is 4.86. The van der Waals surface area contributed by atoms with Gasteiger partial charge in [0, 0.05) is 32.7 Å². The predicted molar refractivity (Wildman–Crippen MR) is 79.7 cm³/mol. The van der Waals surface area contributed by atoms with E-state index in [1.54, 1.807) is 0 Å². The molecule has 1 fully saturated rings. The molecule has 0 radical (unpaired) electrons. The van der Waals surface area contributed by atoms with E-state index in [0.29, 0.717) is 37.7 Å². The molecule has 0 unspecified atom stereocenters. The van der Waals surface area contributed by atoms with Gasteiger partial charge in [-0.3, -0.25) is 4.90 Å². The molecule has 19 heavy (non-hydrogen) atoms. The molecule has 1 aliphatic rings. The maximum Gasteiger partial charge on any atom is 0.216 e. The van der Waals surface area contributed by atoms with Crippen LogP contribution < -0.4 is 5.73 Å². The van der Waals surface area contributed by atoms with Crippen molar-refractivity contribution in [1.82, 2.24) is 9.21 Å². The van der Waals surface area contributed by atoms with Gasteiger partial charge >= 0.3 is 0 Å². The van der Waals surface area contributed by atoms with Gasteiger partial charge in [-0.25, -0.2) is 8.42 Å². The van der Waals surface area contributed by atoms with Crippen molar-refractivity contribution in [2.45, 2.75) is 20.0 Å². The monoisotopic (exact) mass is 309 g/mol. The Labute approximate surface area is 120 Å². The highest BCUT2D eigenvalue weighted by Crippen LogP contribution is 2.08. The van der Waals surface area contributed by atoms with Crippen molar-refractivity contribution in [3.05, 3.63) is 0 Å². The number of ether oxygens (including phenoxy) is 1. The van der Waals surface area contributed by atoms with Gasteiger partial charge in [0.15, 0.2) is 0 Å². The number of nitrogens with zero attached hydrogens (tertiary/aromatic N) is 2. The molecule has 1 heterocycles. The number of nitrogens with two attached hydrogens (primary N) is 1. The zero-order valence-electron chi connectivity index (χ0n) is 11.5. The number of piperazine rings is 1. The second kappa shape index (κ2) is 7.49. The van der Waals surface area contributed by atoms with Crippen LogP contribution in [0.1, 0.15) is 13.8 Å². The molecule has 0 bridgehead atoms. The lowest BCUT2D eigenvalue weighted by Gasteiger charge is -2.33. The average molecular weight is 309 g/mol. The Kier molecular flexibility index (Phi) is 6.61. The van der Waals surface area contributed by atoms with Crippen LogP contribution in [0.2, 0.25) is 0 Å². The first-order valence-corrected chi connectivity index (χ1v) is 8.43. The van der Waals surface area contributed by atoms with Crippen LogP contribution in [0, 0.1) is 0 Å². The van der Waals surface area contributed by atoms with Crippen molar-refractivity contribution < 1.29 is 13.2 Å². The molecule has 0 saturated carbocycles. The van der Waals surface area contributed by atoms with Gasteiger partial charge in [-0.05, 0) is 13.8 Å². The molecule has 0 aromatic rings. The molecule has 112 valence electrons. The fourth-order valence-electron chi connectivity index (χ4n) is 1.90. The standard InChI is InChI=1S/C11H23N3O3S2/c1-10(2)17-7-8-19(15,16)14-5-3-13(4-6-14)9-11(12)18/h10H,3-9H2,1-2H3,(H2,12,18). The van der Waals surface area contributed by atoms with E-state index in [1.807, 2.05) is 13.8 Å². The minimum Gasteiger partial charge on any atom is -0.392 e. The van der Waals surface area contributed by atoms with Gasteiger partial charge in [-0.15, -0.1) is 0 Å². The Balaban J connectivity index is 2.38. The van der Waals surface area contributed by atoms with E-state index in [2.05, 4.69) is 4.90 Å². The molecule has 1 rings (SSSR count). The molecule has 2 N–H and O–H groups in total. The first-order chi connectivity index (χ1) is 8.81. The van der Waals surface area contributed by atoms with E-state index in [-0.39, 0.29) is 18.5 Å². The number of thiocarbonyl (C=S) groups is 1. The largest absolute Gasteiger partial charge is 0.392 e. The third kappa shape index (κ3) is 6.13. The Morgan fingerprint density at radius 1 is 1.32 bits per heavy atom. The quantitative estimate of drug-likeness (QED) is 0.648. The summed E-state index contributed by atoms with van der Waals surface area (Å²) in [6.45, 7) is 6.90. The summed E-state index contributed by atoms with van der Waals surface area (Å²) in [6, 6.07) is 0. The van der Waals surface area contributed by atoms with Crippen molar-refractivity contribution in [3.63, 3.8) is 0 Å². The lowest BCUT2D eigenvalue weighted by Crippen LogP contribution is -2.51. The predicted octanol–water partition coefficient (Wildman–Crippen LogP) is -0.355. The molecule has 0 aromatic carbocycles. The van der Waals surface area contributed by atoms with E-state index >= 15 is 0 Å².